The normalized spacial score (nSPS) is 18.8. The molecule has 158 valence electrons. The van der Waals surface area contributed by atoms with E-state index in [1.807, 2.05) is 0 Å². The Kier molecular flexibility index (Phi) is 6.07. The topological polar surface area (TPSA) is 71.5 Å². The van der Waals surface area contributed by atoms with E-state index in [0.29, 0.717) is 12.8 Å². The Morgan fingerprint density at radius 2 is 1.55 bits per heavy atom. The van der Waals surface area contributed by atoms with Crippen LogP contribution >= 0.6 is 0 Å². The first-order valence-corrected chi connectivity index (χ1v) is 12.2. The largest absolute Gasteiger partial charge is 0.416 e. The van der Waals surface area contributed by atoms with Gasteiger partial charge in [-0.05, 0) is 42.7 Å². The van der Waals surface area contributed by atoms with Crippen molar-refractivity contribution >= 4 is 19.9 Å². The smallest absolute Gasteiger partial charge is 0.224 e. The molecule has 0 amide bonds. The third-order valence-electron chi connectivity index (χ3n) is 4.82. The molecule has 0 saturated carbocycles. The summed E-state index contributed by atoms with van der Waals surface area (Å²) in [4.78, 5) is 0.131. The number of hydrogen-bond acceptors (Lipinski definition) is 4. The monoisotopic (exact) mass is 447 g/mol. The van der Waals surface area contributed by atoms with E-state index < -0.39 is 43.4 Å². The summed E-state index contributed by atoms with van der Waals surface area (Å²) >= 11 is 0. The molecule has 2 aromatic rings. The summed E-state index contributed by atoms with van der Waals surface area (Å²) in [6.45, 7) is 0.192. The molecule has 1 heterocycles. The summed E-state index contributed by atoms with van der Waals surface area (Å²) in [6, 6.07) is 11.1. The predicted octanol–water partition coefficient (Wildman–Crippen LogP) is 3.47. The second-order valence-corrected chi connectivity index (χ2v) is 10.9. The van der Waals surface area contributed by atoms with Gasteiger partial charge in [-0.25, -0.2) is 16.8 Å². The molecule has 2 aromatic carbocycles. The van der Waals surface area contributed by atoms with Gasteiger partial charge in [-0.15, -0.1) is 0 Å². The lowest BCUT2D eigenvalue weighted by Crippen LogP contribution is -2.40. The molecule has 3 rings (SSSR count). The number of rotatable bonds is 6. The van der Waals surface area contributed by atoms with Gasteiger partial charge in [0.1, 0.15) is 0 Å². The molecular formula is C19H20F3NO4S2. The van der Waals surface area contributed by atoms with E-state index in [9.17, 15) is 30.0 Å². The van der Waals surface area contributed by atoms with Crippen molar-refractivity contribution in [3.05, 3.63) is 65.7 Å². The average molecular weight is 448 g/mol. The minimum absolute atomic E-state index is 0.131. The van der Waals surface area contributed by atoms with Crippen LogP contribution in [-0.2, 0) is 31.8 Å². The van der Waals surface area contributed by atoms with E-state index in [0.717, 1.165) is 24.3 Å². The van der Waals surface area contributed by atoms with Crippen LogP contribution < -0.4 is 0 Å². The Labute approximate surface area is 168 Å². The maximum atomic E-state index is 12.8. The van der Waals surface area contributed by atoms with Crippen molar-refractivity contribution in [2.24, 2.45) is 0 Å². The number of alkyl halides is 3. The molecule has 1 saturated heterocycles. The molecule has 29 heavy (non-hydrogen) atoms. The number of sulfonamides is 1. The van der Waals surface area contributed by atoms with Gasteiger partial charge in [0.25, 0.3) is 0 Å². The van der Waals surface area contributed by atoms with Crippen molar-refractivity contribution in [2.45, 2.75) is 35.7 Å². The van der Waals surface area contributed by atoms with Crippen molar-refractivity contribution in [1.29, 1.82) is 0 Å². The average Bonchev–Trinajstić information content (AvgIpc) is 3.10. The van der Waals surface area contributed by atoms with Crippen molar-refractivity contribution in [2.75, 3.05) is 12.3 Å². The Bertz CT molecular complexity index is 1050. The van der Waals surface area contributed by atoms with Gasteiger partial charge >= 0.3 is 6.18 Å². The van der Waals surface area contributed by atoms with Crippen LogP contribution in [0.25, 0.3) is 0 Å². The molecule has 0 bridgehead atoms. The van der Waals surface area contributed by atoms with E-state index in [1.54, 1.807) is 18.2 Å². The van der Waals surface area contributed by atoms with E-state index in [4.69, 9.17) is 0 Å². The Hall–Kier alpha value is -1.91. The van der Waals surface area contributed by atoms with Crippen LogP contribution in [0.2, 0.25) is 0 Å². The number of nitrogens with zero attached hydrogens (tertiary/aromatic N) is 1. The van der Waals surface area contributed by atoms with E-state index in [1.165, 1.54) is 16.4 Å². The number of benzene rings is 2. The van der Waals surface area contributed by atoms with Gasteiger partial charge in [0, 0.05) is 12.6 Å². The number of halogens is 3. The fourth-order valence-corrected chi connectivity index (χ4v) is 6.94. The molecule has 1 atom stereocenters. The first-order chi connectivity index (χ1) is 13.5. The molecule has 0 radical (unpaired) electrons. The standard InChI is InChI=1S/C19H20F3NO4S2/c20-19(21,22)16-10-8-15(9-11-16)13-29(26,27)23-12-4-5-17(23)14-28(24,25)18-6-2-1-3-7-18/h1-3,6-11,17H,4-5,12-14H2. The molecule has 5 nitrogen and oxygen atoms in total. The molecule has 1 aliphatic heterocycles. The fraction of sp³-hybridized carbons (Fsp3) is 0.368. The highest BCUT2D eigenvalue weighted by atomic mass is 32.2. The molecule has 0 spiro atoms. The molecule has 0 aliphatic carbocycles. The maximum Gasteiger partial charge on any atom is 0.416 e. The minimum Gasteiger partial charge on any atom is -0.224 e. The lowest BCUT2D eigenvalue weighted by Gasteiger charge is -2.24. The summed E-state index contributed by atoms with van der Waals surface area (Å²) in [5.74, 6) is -0.809. The van der Waals surface area contributed by atoms with Crippen LogP contribution in [0, 0.1) is 0 Å². The third kappa shape index (κ3) is 5.18. The molecular weight excluding hydrogens is 427 g/mol. The second kappa shape index (κ2) is 8.08. The highest BCUT2D eigenvalue weighted by Gasteiger charge is 2.37. The van der Waals surface area contributed by atoms with Crippen molar-refractivity contribution in [1.82, 2.24) is 4.31 Å². The second-order valence-electron chi connectivity index (χ2n) is 6.95. The number of hydrogen-bond donors (Lipinski definition) is 0. The van der Waals surface area contributed by atoms with Crippen LogP contribution in [0.1, 0.15) is 24.0 Å². The van der Waals surface area contributed by atoms with Crippen molar-refractivity contribution < 1.29 is 30.0 Å². The molecule has 10 heteroatoms. The Morgan fingerprint density at radius 1 is 0.931 bits per heavy atom. The van der Waals surface area contributed by atoms with Gasteiger partial charge in [-0.3, -0.25) is 0 Å². The molecule has 1 fully saturated rings. The molecule has 0 N–H and O–H groups in total. The quantitative estimate of drug-likeness (QED) is 0.680. The number of sulfone groups is 1. The van der Waals surface area contributed by atoms with Gasteiger partial charge in [-0.1, -0.05) is 30.3 Å². The molecule has 0 aromatic heterocycles. The van der Waals surface area contributed by atoms with Gasteiger partial charge in [0.2, 0.25) is 10.0 Å². The van der Waals surface area contributed by atoms with Crippen LogP contribution in [0.4, 0.5) is 13.2 Å². The molecule has 1 unspecified atom stereocenters. The fourth-order valence-electron chi connectivity index (χ4n) is 3.40. The minimum atomic E-state index is -4.50. The predicted molar refractivity (Wildman–Crippen MR) is 102 cm³/mol. The van der Waals surface area contributed by atoms with Crippen LogP contribution in [0.15, 0.2) is 59.5 Å². The van der Waals surface area contributed by atoms with Crippen LogP contribution in [-0.4, -0.2) is 39.5 Å². The van der Waals surface area contributed by atoms with Gasteiger partial charge in [0.15, 0.2) is 9.84 Å². The lowest BCUT2D eigenvalue weighted by molar-refractivity contribution is -0.137. The van der Waals surface area contributed by atoms with Gasteiger partial charge < -0.3 is 0 Å². The van der Waals surface area contributed by atoms with E-state index in [-0.39, 0.29) is 22.8 Å². The van der Waals surface area contributed by atoms with Crippen molar-refractivity contribution in [3.8, 4) is 0 Å². The van der Waals surface area contributed by atoms with Gasteiger partial charge in [0.05, 0.1) is 22.0 Å². The first kappa shape index (κ1) is 21.8. The van der Waals surface area contributed by atoms with Crippen LogP contribution in [0.5, 0.6) is 0 Å². The third-order valence-corrected chi connectivity index (χ3v) is 8.53. The first-order valence-electron chi connectivity index (χ1n) is 8.92. The highest BCUT2D eigenvalue weighted by molar-refractivity contribution is 7.91. The maximum absolute atomic E-state index is 12.8. The van der Waals surface area contributed by atoms with Crippen molar-refractivity contribution in [3.63, 3.8) is 0 Å². The zero-order valence-corrected chi connectivity index (χ0v) is 17.0. The van der Waals surface area contributed by atoms with E-state index in [2.05, 4.69) is 0 Å². The Morgan fingerprint density at radius 3 is 2.14 bits per heavy atom. The SMILES string of the molecule is O=S(=O)(CC1CCCN1S(=O)(=O)Cc1ccc(C(F)(F)F)cc1)c1ccccc1. The Balaban J connectivity index is 1.76. The zero-order valence-electron chi connectivity index (χ0n) is 15.3. The highest BCUT2D eigenvalue weighted by Crippen LogP contribution is 2.30. The van der Waals surface area contributed by atoms with E-state index >= 15 is 0 Å². The summed E-state index contributed by atoms with van der Waals surface area (Å²) in [6.07, 6.45) is -3.55. The van der Waals surface area contributed by atoms with Gasteiger partial charge in [-0.2, -0.15) is 17.5 Å². The zero-order chi connectivity index (χ0) is 21.3. The van der Waals surface area contributed by atoms with Crippen LogP contribution in [0.3, 0.4) is 0 Å². The summed E-state index contributed by atoms with van der Waals surface area (Å²) < 4.78 is 90.1. The summed E-state index contributed by atoms with van der Waals surface area (Å²) in [5, 5.41) is 0. The summed E-state index contributed by atoms with van der Waals surface area (Å²) in [5.41, 5.74) is -0.638. The summed E-state index contributed by atoms with van der Waals surface area (Å²) in [7, 11) is -7.54. The lowest BCUT2D eigenvalue weighted by atomic mass is 10.1. The molecule has 1 aliphatic rings.